The van der Waals surface area contributed by atoms with Gasteiger partial charge in [-0.1, -0.05) is 243 Å². The minimum atomic E-state index is -4.94. The highest BCUT2D eigenvalue weighted by molar-refractivity contribution is 7.11. The Morgan fingerprint density at radius 1 is 0.167 bits per heavy atom. The maximum absolute atomic E-state index is 8.22. The summed E-state index contributed by atoms with van der Waals surface area (Å²) in [4.78, 5) is 0. The normalized spacial score (nSPS) is 33.1. The van der Waals surface area contributed by atoms with Crippen LogP contribution in [0.3, 0.4) is 0 Å². The van der Waals surface area contributed by atoms with E-state index in [0.29, 0.717) is 41.5 Å². The lowest BCUT2D eigenvalue weighted by atomic mass is 10.4. The molecule has 72 heavy (non-hydrogen) atoms. The highest BCUT2D eigenvalue weighted by Gasteiger charge is 2.81. The molecule has 8 aromatic carbocycles. The number of benzene rings is 8. The van der Waals surface area contributed by atoms with Gasteiger partial charge in [0, 0.05) is 41.5 Å². The third-order valence-electron chi connectivity index (χ3n) is 12.4. The highest BCUT2D eigenvalue weighted by atomic mass is 28.6. The van der Waals surface area contributed by atoms with Gasteiger partial charge in [0.2, 0.25) is 0 Å². The van der Waals surface area contributed by atoms with Gasteiger partial charge in [-0.05, 0) is 0 Å². The fraction of sp³-hybridized carbons (Fsp3) is 0. The molecule has 6 fully saturated rings. The van der Waals surface area contributed by atoms with E-state index in [1.54, 1.807) is 0 Å². The Kier molecular flexibility index (Phi) is 12.2. The zero-order valence-corrected chi connectivity index (χ0v) is 47.8. The van der Waals surface area contributed by atoms with Crippen LogP contribution in [0, 0.1) is 0 Å². The quantitative estimate of drug-likeness (QED) is 0.206. The summed E-state index contributed by atoms with van der Waals surface area (Å²) in [5, 5.41) is 4.25. The average Bonchev–Trinajstić information content (AvgIpc) is 3.43. The van der Waals surface area contributed by atoms with E-state index >= 15 is 0 Å². The van der Waals surface area contributed by atoms with Crippen LogP contribution in [0.5, 0.6) is 0 Å². The van der Waals surface area contributed by atoms with Gasteiger partial charge in [-0.15, -0.1) is 0 Å². The van der Waals surface area contributed by atoms with Crippen molar-refractivity contribution in [2.75, 3.05) is 0 Å². The monoisotopic (exact) mass is 1120 g/mol. The van der Waals surface area contributed by atoms with Crippen LogP contribution in [0.1, 0.15) is 0 Å². The highest BCUT2D eigenvalue weighted by Crippen LogP contribution is 2.44. The maximum Gasteiger partial charge on any atom is 0.515 e. The van der Waals surface area contributed by atoms with Crippen molar-refractivity contribution in [2.45, 2.75) is 0 Å². The van der Waals surface area contributed by atoms with Crippen molar-refractivity contribution in [3.63, 3.8) is 0 Å². The van der Waals surface area contributed by atoms with E-state index in [1.807, 2.05) is 243 Å². The second-order valence-electron chi connectivity index (χ2n) is 17.0. The molecule has 24 heteroatoms. The van der Waals surface area contributed by atoms with Gasteiger partial charge >= 0.3 is 90.4 Å². The van der Waals surface area contributed by atoms with Crippen molar-refractivity contribution in [3.8, 4) is 0 Å². The molecule has 14 rings (SSSR count). The Labute approximate surface area is 429 Å². The molecule has 6 heterocycles. The number of hydrogen-bond acceptors (Lipinski definition) is 14. The summed E-state index contributed by atoms with van der Waals surface area (Å²) in [6.45, 7) is 0. The molecule has 4 radical (unpaired) electrons. The van der Waals surface area contributed by atoms with Crippen LogP contribution in [-0.2, 0) is 57.6 Å². The van der Waals surface area contributed by atoms with Crippen LogP contribution in [0.4, 0.5) is 0 Å². The van der Waals surface area contributed by atoms with E-state index in [0.717, 1.165) is 0 Å². The summed E-state index contributed by atoms with van der Waals surface area (Å²) in [5.41, 5.74) is 0. The van der Waals surface area contributed by atoms with Crippen LogP contribution in [0.2, 0.25) is 0 Å². The molecule has 0 aromatic heterocycles. The third-order valence-corrected chi connectivity index (χ3v) is 47.9. The van der Waals surface area contributed by atoms with E-state index in [4.69, 9.17) is 57.6 Å². The van der Waals surface area contributed by atoms with E-state index in [2.05, 4.69) is 0 Å². The van der Waals surface area contributed by atoms with Gasteiger partial charge < -0.3 is 57.6 Å². The van der Waals surface area contributed by atoms with Crippen molar-refractivity contribution in [3.05, 3.63) is 243 Å². The minimum absolute atomic E-state index is 0.511. The Bertz CT molecular complexity index is 2710. The lowest BCUT2D eigenvalue weighted by Gasteiger charge is -2.58. The standard InChI is InChI=1S/C48H40O14Si10/c1-9-25-41(26-10-1)65-49-63-50-66(42-27-11-2-12-28-42)57-71(47-37-21-7-22-38-47)59-68(44-31-15-4-16-32-44)52-64-51-67(43-29-13-3-14-30-43,55-69(53-65,61-71)45-33-17-5-18-34-45)56-70(54-65,46-35-19-6-20-36-46)62-72(58-66,60-68)48-39-23-8-24-40-48/h1-40H. The Balaban J connectivity index is 1.27. The van der Waals surface area contributed by atoms with Crippen LogP contribution < -0.4 is 41.5 Å². The van der Waals surface area contributed by atoms with Crippen molar-refractivity contribution >= 4 is 132 Å². The predicted molar refractivity (Wildman–Crippen MR) is 281 cm³/mol. The first-order valence-electron chi connectivity index (χ1n) is 23.0. The van der Waals surface area contributed by atoms with Crippen LogP contribution in [0.15, 0.2) is 243 Å². The van der Waals surface area contributed by atoms with Gasteiger partial charge in [0.25, 0.3) is 0 Å². The molecule has 8 bridgehead atoms. The summed E-state index contributed by atoms with van der Waals surface area (Å²) < 4.78 is 111. The topological polar surface area (TPSA) is 129 Å². The van der Waals surface area contributed by atoms with E-state index < -0.39 is 90.4 Å². The lowest BCUT2D eigenvalue weighted by Crippen LogP contribution is -2.91. The van der Waals surface area contributed by atoms with Gasteiger partial charge in [0.1, 0.15) is 0 Å². The number of rotatable bonds is 8. The maximum atomic E-state index is 8.22. The predicted octanol–water partition coefficient (Wildman–Crippen LogP) is 2.12. The SMILES string of the molecule is c1ccc([Si]23O[Si]O[Si]4(c5ccccc5)O[Si]5(c6ccccc6)O[Si]6(c7ccccc7)O[Si]O[Si](c7ccccc7)(O[Si](c7ccccc7)(O2)O5)O[Si](c2ccccc2)(O3)O[Si](c2ccccc2)(O4)O6)cc1. The number of fused-ring (bicyclic) bond motifs is 4. The second-order valence-corrected chi connectivity index (χ2v) is 42.3. The van der Waals surface area contributed by atoms with Crippen molar-refractivity contribution < 1.29 is 57.6 Å². The summed E-state index contributed by atoms with van der Waals surface area (Å²) >= 11 is 0. The van der Waals surface area contributed by atoms with Crippen LogP contribution in [-0.4, -0.2) is 90.4 Å². The molecule has 0 spiro atoms. The molecule has 14 nitrogen and oxygen atoms in total. The zero-order valence-electron chi connectivity index (χ0n) is 37.8. The van der Waals surface area contributed by atoms with Gasteiger partial charge in [0.15, 0.2) is 0 Å². The Morgan fingerprint density at radius 2 is 0.292 bits per heavy atom. The summed E-state index contributed by atoms with van der Waals surface area (Å²) in [7, 11) is -40.4. The molecule has 0 amide bonds. The second kappa shape index (κ2) is 18.6. The molecule has 6 aliphatic rings. The molecule has 0 N–H and O–H groups in total. The molecule has 0 unspecified atom stereocenters. The largest absolute Gasteiger partial charge is 0.515 e. The van der Waals surface area contributed by atoms with E-state index in [1.165, 1.54) is 0 Å². The fourth-order valence-corrected chi connectivity index (χ4v) is 55.2. The zero-order chi connectivity index (χ0) is 48.2. The van der Waals surface area contributed by atoms with Gasteiger partial charge in [-0.3, -0.25) is 0 Å². The average molecular weight is 1120 g/mol. The Hall–Kier alpha value is -4.63. The first-order chi connectivity index (χ1) is 35.3. The van der Waals surface area contributed by atoms with Crippen molar-refractivity contribution in [1.29, 1.82) is 0 Å². The van der Waals surface area contributed by atoms with Gasteiger partial charge in [-0.2, -0.15) is 0 Å². The smallest absolute Gasteiger partial charge is 0.389 e. The van der Waals surface area contributed by atoms with Crippen LogP contribution in [0.25, 0.3) is 0 Å². The molecular weight excluding hydrogens is 1080 g/mol. The molecule has 0 atom stereocenters. The fourth-order valence-electron chi connectivity index (χ4n) is 9.08. The third kappa shape index (κ3) is 8.06. The van der Waals surface area contributed by atoms with E-state index in [-0.39, 0.29) is 0 Å². The molecule has 6 saturated heterocycles. The minimum Gasteiger partial charge on any atom is -0.389 e. The van der Waals surface area contributed by atoms with E-state index in [9.17, 15) is 0 Å². The van der Waals surface area contributed by atoms with Gasteiger partial charge in [-0.25, -0.2) is 0 Å². The molecule has 6 aliphatic heterocycles. The first kappa shape index (κ1) is 47.1. The molecular formula is C48H40O14Si10. The van der Waals surface area contributed by atoms with Crippen molar-refractivity contribution in [1.82, 2.24) is 0 Å². The summed E-state index contributed by atoms with van der Waals surface area (Å²) in [6.07, 6.45) is 0. The summed E-state index contributed by atoms with van der Waals surface area (Å²) in [5.74, 6) is 0. The molecule has 356 valence electrons. The first-order valence-corrected chi connectivity index (χ1v) is 38.4. The molecule has 0 saturated carbocycles. The van der Waals surface area contributed by atoms with Crippen LogP contribution >= 0.6 is 0 Å². The number of hydrogen-bond donors (Lipinski definition) is 0. The molecule has 8 aromatic rings. The van der Waals surface area contributed by atoms with Crippen molar-refractivity contribution in [2.24, 2.45) is 0 Å². The lowest BCUT2D eigenvalue weighted by molar-refractivity contribution is 0.0334. The Morgan fingerprint density at radius 3 is 0.444 bits per heavy atom. The van der Waals surface area contributed by atoms with Gasteiger partial charge in [0.05, 0.1) is 0 Å². The molecule has 0 aliphatic carbocycles. The summed E-state index contributed by atoms with van der Waals surface area (Å²) in [6, 6.07) is 76.3.